The molecule has 0 N–H and O–H groups in total. The van der Waals surface area contributed by atoms with E-state index in [9.17, 15) is 19.2 Å². The molecule has 4 unspecified atom stereocenters. The van der Waals surface area contributed by atoms with E-state index in [0.717, 1.165) is 22.3 Å². The van der Waals surface area contributed by atoms with Crippen LogP contribution in [0.2, 0.25) is 0 Å². The van der Waals surface area contributed by atoms with Gasteiger partial charge in [-0.05, 0) is 51.0 Å². The van der Waals surface area contributed by atoms with Crippen LogP contribution in [0.5, 0.6) is 0 Å². The maximum Gasteiger partial charge on any atom is 0.238 e. The summed E-state index contributed by atoms with van der Waals surface area (Å²) in [5.41, 5.74) is 5.00. The van der Waals surface area contributed by atoms with Gasteiger partial charge in [0.05, 0.1) is 35.0 Å². The lowest BCUT2D eigenvalue weighted by Crippen LogP contribution is -2.50. The van der Waals surface area contributed by atoms with Crippen LogP contribution < -0.4 is 9.80 Å². The summed E-state index contributed by atoms with van der Waals surface area (Å²) >= 11 is 0. The van der Waals surface area contributed by atoms with Crippen LogP contribution in [0.25, 0.3) is 0 Å². The fourth-order valence-electron chi connectivity index (χ4n) is 6.81. The molecule has 6 nitrogen and oxygen atoms in total. The second kappa shape index (κ2) is 6.98. The molecule has 2 saturated heterocycles. The molecule has 2 aromatic carbocycles. The zero-order chi connectivity index (χ0) is 24.0. The lowest BCUT2D eigenvalue weighted by Gasteiger charge is -2.44. The second-order valence-corrected chi connectivity index (χ2v) is 10.2. The van der Waals surface area contributed by atoms with E-state index in [4.69, 9.17) is 0 Å². The van der Waals surface area contributed by atoms with E-state index < -0.39 is 35.5 Å². The fraction of sp³-hybridized carbons (Fsp3) is 0.357. The molecule has 2 aromatic rings. The molecule has 3 fully saturated rings. The first-order valence-corrected chi connectivity index (χ1v) is 11.8. The number of nitrogens with zero attached hydrogens (tertiary/aromatic N) is 2. The highest BCUT2D eigenvalue weighted by atomic mass is 16.2. The van der Waals surface area contributed by atoms with Gasteiger partial charge < -0.3 is 0 Å². The number of allylic oxidation sites excluding steroid dienone is 2. The summed E-state index contributed by atoms with van der Waals surface area (Å²) < 4.78 is 0. The van der Waals surface area contributed by atoms with E-state index in [-0.39, 0.29) is 23.6 Å². The van der Waals surface area contributed by atoms with E-state index in [1.165, 1.54) is 9.80 Å². The molecule has 2 heterocycles. The lowest BCUT2D eigenvalue weighted by atomic mass is 9.54. The van der Waals surface area contributed by atoms with Crippen molar-refractivity contribution in [2.24, 2.45) is 35.5 Å². The van der Waals surface area contributed by atoms with Crippen molar-refractivity contribution >= 4 is 35.0 Å². The third kappa shape index (κ3) is 2.57. The number of hydrogen-bond acceptors (Lipinski definition) is 4. The number of hydrogen-bond donors (Lipinski definition) is 0. The molecule has 172 valence electrons. The summed E-state index contributed by atoms with van der Waals surface area (Å²) in [6, 6.07) is 11.3. The van der Waals surface area contributed by atoms with Crippen LogP contribution in [-0.2, 0) is 19.2 Å². The normalized spacial score (nSPS) is 31.5. The molecule has 0 spiro atoms. The molecule has 2 bridgehead atoms. The van der Waals surface area contributed by atoms with Crippen molar-refractivity contribution in [3.63, 3.8) is 0 Å². The Hall–Kier alpha value is -3.54. The summed E-state index contributed by atoms with van der Waals surface area (Å²) in [7, 11) is 0. The van der Waals surface area contributed by atoms with E-state index in [0.29, 0.717) is 11.4 Å². The Kier molecular flexibility index (Phi) is 4.32. The number of benzene rings is 2. The van der Waals surface area contributed by atoms with Crippen molar-refractivity contribution in [2.45, 2.75) is 27.7 Å². The summed E-state index contributed by atoms with van der Waals surface area (Å²) in [5, 5.41) is 0. The third-order valence-electron chi connectivity index (χ3n) is 8.20. The molecule has 6 heteroatoms. The Labute approximate surface area is 198 Å². The summed E-state index contributed by atoms with van der Waals surface area (Å²) in [4.78, 5) is 57.2. The van der Waals surface area contributed by atoms with Crippen molar-refractivity contribution in [3.8, 4) is 0 Å². The fourth-order valence-corrected chi connectivity index (χ4v) is 6.81. The molecule has 2 aliphatic heterocycles. The minimum absolute atomic E-state index is 0.259. The van der Waals surface area contributed by atoms with E-state index in [2.05, 4.69) is 0 Å². The molecule has 1 saturated carbocycles. The average molecular weight is 455 g/mol. The van der Waals surface area contributed by atoms with Gasteiger partial charge in [0.1, 0.15) is 0 Å². The van der Waals surface area contributed by atoms with Crippen molar-refractivity contribution in [1.82, 2.24) is 0 Å². The van der Waals surface area contributed by atoms with Gasteiger partial charge >= 0.3 is 0 Å². The predicted molar refractivity (Wildman–Crippen MR) is 127 cm³/mol. The molecule has 4 amide bonds. The minimum Gasteiger partial charge on any atom is -0.274 e. The first kappa shape index (κ1) is 21.0. The zero-order valence-electron chi connectivity index (χ0n) is 19.6. The maximum atomic E-state index is 13.7. The molecular weight excluding hydrogens is 428 g/mol. The Morgan fingerprint density at radius 2 is 0.853 bits per heavy atom. The second-order valence-electron chi connectivity index (χ2n) is 10.2. The average Bonchev–Trinajstić information content (AvgIpc) is 3.22. The Balaban J connectivity index is 1.41. The summed E-state index contributed by atoms with van der Waals surface area (Å²) in [6.07, 6.45) is 3.81. The van der Waals surface area contributed by atoms with Gasteiger partial charge in [-0.15, -0.1) is 0 Å². The number of aryl methyl sites for hydroxylation is 4. The van der Waals surface area contributed by atoms with Crippen LogP contribution in [0.15, 0.2) is 48.6 Å². The Morgan fingerprint density at radius 1 is 0.529 bits per heavy atom. The standard InChI is InChI=1S/C28H26N2O4/c1-13-5-9-19(15(3)11-13)29-25(31)21-17-7-8-18(22(21)26(29)32)24-23(17)27(33)30(28(24)34)20-10-6-14(2)12-16(20)4/h5-12,17-18,21-24H,1-4H3. The van der Waals surface area contributed by atoms with Crippen LogP contribution >= 0.6 is 0 Å². The molecule has 5 aliphatic rings. The summed E-state index contributed by atoms with van der Waals surface area (Å²) in [5.74, 6) is -4.40. The van der Waals surface area contributed by atoms with Crippen LogP contribution in [0.3, 0.4) is 0 Å². The van der Waals surface area contributed by atoms with Crippen molar-refractivity contribution in [3.05, 3.63) is 70.8 Å². The number of anilines is 2. The van der Waals surface area contributed by atoms with Crippen LogP contribution in [-0.4, -0.2) is 23.6 Å². The minimum atomic E-state index is -0.611. The van der Waals surface area contributed by atoms with Gasteiger partial charge in [0.25, 0.3) is 0 Å². The number of carbonyl (C=O) groups is 4. The quantitative estimate of drug-likeness (QED) is 0.513. The Bertz CT molecular complexity index is 1200. The molecular formula is C28H26N2O4. The van der Waals surface area contributed by atoms with Crippen LogP contribution in [0.4, 0.5) is 11.4 Å². The van der Waals surface area contributed by atoms with Gasteiger partial charge in [0.15, 0.2) is 0 Å². The third-order valence-corrected chi connectivity index (χ3v) is 8.20. The highest BCUT2D eigenvalue weighted by molar-refractivity contribution is 6.26. The smallest absolute Gasteiger partial charge is 0.238 e. The van der Waals surface area contributed by atoms with Crippen LogP contribution in [0, 0.1) is 63.2 Å². The van der Waals surface area contributed by atoms with Crippen molar-refractivity contribution < 1.29 is 19.2 Å². The summed E-state index contributed by atoms with van der Waals surface area (Å²) in [6.45, 7) is 7.71. The van der Waals surface area contributed by atoms with E-state index in [1.54, 1.807) is 0 Å². The molecule has 34 heavy (non-hydrogen) atoms. The van der Waals surface area contributed by atoms with Crippen molar-refractivity contribution in [1.29, 1.82) is 0 Å². The predicted octanol–water partition coefficient (Wildman–Crippen LogP) is 3.65. The van der Waals surface area contributed by atoms with Crippen molar-refractivity contribution in [2.75, 3.05) is 9.80 Å². The topological polar surface area (TPSA) is 74.8 Å². The molecule has 0 aromatic heterocycles. The lowest BCUT2D eigenvalue weighted by molar-refractivity contribution is -0.137. The molecule has 3 aliphatic carbocycles. The molecule has 0 radical (unpaired) electrons. The number of rotatable bonds is 2. The number of carbonyl (C=O) groups excluding carboxylic acids is 4. The first-order chi connectivity index (χ1) is 16.2. The monoisotopic (exact) mass is 454 g/mol. The number of imide groups is 2. The van der Waals surface area contributed by atoms with Gasteiger partial charge in [-0.1, -0.05) is 47.5 Å². The molecule has 4 atom stereocenters. The van der Waals surface area contributed by atoms with Gasteiger partial charge in [0, 0.05) is 11.8 Å². The largest absolute Gasteiger partial charge is 0.274 e. The van der Waals surface area contributed by atoms with E-state index >= 15 is 0 Å². The Morgan fingerprint density at radius 3 is 1.15 bits per heavy atom. The zero-order valence-corrected chi connectivity index (χ0v) is 19.6. The van der Waals surface area contributed by atoms with Gasteiger partial charge in [0.2, 0.25) is 23.6 Å². The van der Waals surface area contributed by atoms with E-state index in [1.807, 2.05) is 76.2 Å². The maximum absolute atomic E-state index is 13.7. The highest BCUT2D eigenvalue weighted by Crippen LogP contribution is 2.58. The number of amides is 4. The van der Waals surface area contributed by atoms with Gasteiger partial charge in [-0.3, -0.25) is 19.2 Å². The van der Waals surface area contributed by atoms with Gasteiger partial charge in [-0.25, -0.2) is 9.80 Å². The first-order valence-electron chi connectivity index (χ1n) is 11.8. The SMILES string of the molecule is Cc1ccc(N2C(=O)C3C4C=CC(C3C2=O)C2C(=O)N(c3ccc(C)cc3C)C(=O)C42)c(C)c1. The molecule has 7 rings (SSSR count). The van der Waals surface area contributed by atoms with Gasteiger partial charge in [-0.2, -0.15) is 0 Å². The highest BCUT2D eigenvalue weighted by Gasteiger charge is 2.69. The van der Waals surface area contributed by atoms with Crippen LogP contribution in [0.1, 0.15) is 22.3 Å².